The molecule has 1 rings (SSSR count). The summed E-state index contributed by atoms with van der Waals surface area (Å²) in [6, 6.07) is 7.89. The summed E-state index contributed by atoms with van der Waals surface area (Å²) < 4.78 is 27.3. The third-order valence-electron chi connectivity index (χ3n) is 1.07. The molecule has 16 heavy (non-hydrogen) atoms. The first-order chi connectivity index (χ1) is 7.02. The zero-order chi connectivity index (χ0) is 12.3. The molecule has 0 heterocycles. The number of sulfonamides is 1. The Morgan fingerprint density at radius 2 is 1.56 bits per heavy atom. The Bertz CT molecular complexity index is 335. The molecule has 6 heteroatoms. The van der Waals surface area contributed by atoms with Crippen LogP contribution in [0.25, 0.3) is 0 Å². The summed E-state index contributed by atoms with van der Waals surface area (Å²) >= 11 is 0. The third kappa shape index (κ3) is 12.9. The molecule has 0 saturated heterocycles. The fourth-order valence-electron chi connectivity index (χ4n) is 0.610. The molecule has 2 radical (unpaired) electrons. The predicted octanol–water partition coefficient (Wildman–Crippen LogP) is 2.20. The minimum Gasteiger partial charge on any atom is -0.346 e. The van der Waals surface area contributed by atoms with Gasteiger partial charge < -0.3 is 6.90 Å². The molecule has 0 fully saturated rings. The number of rotatable bonds is 1. The third-order valence-corrected chi connectivity index (χ3v) is 2.00. The molecular formula is C10H18NO2SVY-. The minimum absolute atomic E-state index is 0. The van der Waals surface area contributed by atoms with Crippen molar-refractivity contribution in [1.29, 1.82) is 0 Å². The van der Waals surface area contributed by atoms with Gasteiger partial charge in [-0.2, -0.15) is 6.92 Å². The van der Waals surface area contributed by atoms with Crippen molar-refractivity contribution < 1.29 is 61.1 Å². The van der Waals surface area contributed by atoms with Crippen molar-refractivity contribution in [1.82, 2.24) is 0 Å². The number of hydrogen-bond donors (Lipinski definition) is 1. The van der Waals surface area contributed by atoms with Crippen LogP contribution in [0.5, 0.6) is 0 Å². The van der Waals surface area contributed by atoms with Crippen molar-refractivity contribution >= 4 is 10.0 Å². The molecule has 0 spiro atoms. The van der Waals surface area contributed by atoms with E-state index in [1.807, 2.05) is 13.8 Å². The molecule has 0 aromatic heterocycles. The second-order valence-corrected chi connectivity index (χ2v) is 3.42. The zero-order valence-corrected chi connectivity index (χ0v) is 14.8. The van der Waals surface area contributed by atoms with Crippen LogP contribution < -0.4 is 5.14 Å². The Labute approximate surface area is 138 Å². The molecule has 0 amide bonds. The van der Waals surface area contributed by atoms with Gasteiger partial charge in [-0.1, -0.05) is 32.0 Å². The molecule has 0 unspecified atom stereocenters. The predicted molar refractivity (Wildman–Crippen MR) is 60.2 cm³/mol. The van der Waals surface area contributed by atoms with E-state index in [2.05, 4.69) is 0 Å². The molecule has 0 bridgehead atoms. The van der Waals surface area contributed by atoms with Crippen LogP contribution in [0.4, 0.5) is 0 Å². The Balaban J connectivity index is -0.000000106. The van der Waals surface area contributed by atoms with E-state index in [1.165, 1.54) is 19.0 Å². The number of nitrogens with two attached hydrogens (primary N) is 1. The van der Waals surface area contributed by atoms with Crippen LogP contribution in [0.1, 0.15) is 22.1 Å². The normalized spacial score (nSPS) is 8.62. The first kappa shape index (κ1) is 22.0. The molecule has 0 aliphatic carbocycles. The number of benzene rings is 1. The van der Waals surface area contributed by atoms with Gasteiger partial charge >= 0.3 is 0 Å². The van der Waals surface area contributed by atoms with E-state index in [4.69, 9.17) is 6.51 Å². The van der Waals surface area contributed by atoms with Crippen LogP contribution in [0.2, 0.25) is 0 Å². The van der Waals surface area contributed by atoms with Crippen molar-refractivity contribution in [3.8, 4) is 0 Å². The van der Waals surface area contributed by atoms with E-state index < -0.39 is 10.0 Å². The summed E-state index contributed by atoms with van der Waals surface area (Å²) in [5.41, 5.74) is 0. The van der Waals surface area contributed by atoms with E-state index >= 15 is 0 Å². The average Bonchev–Trinajstić information content (AvgIpc) is 2.22. The molecule has 0 atom stereocenters. The molecule has 90 valence electrons. The SMILES string of the molecule is CC.NS(=O)(=O)c1ccccc1.[3H][CH-]C.[V].[Y]. The fourth-order valence-corrected chi connectivity index (χ4v) is 1.15. The van der Waals surface area contributed by atoms with Crippen LogP contribution in [0, 0.1) is 6.90 Å². The molecule has 0 aliphatic heterocycles. The van der Waals surface area contributed by atoms with Crippen LogP contribution in [-0.2, 0) is 61.3 Å². The van der Waals surface area contributed by atoms with Gasteiger partial charge in [-0.15, -0.1) is 0 Å². The van der Waals surface area contributed by atoms with E-state index in [9.17, 15) is 8.42 Å². The largest absolute Gasteiger partial charge is 0.346 e. The van der Waals surface area contributed by atoms with E-state index in [-0.39, 0.29) is 56.2 Å². The standard InChI is InChI=1S/C6H7NO2S.C2H6.C2H5.V.Y/c7-10(8,9)6-4-2-1-3-5-6;2*1-2;;/h1-5H,(H2,7,8,9);1-2H3;1H2,2H3;;/q;;-1;;/i;;1T;;. The summed E-state index contributed by atoms with van der Waals surface area (Å²) in [4.78, 5) is 0.148. The minimum atomic E-state index is -3.50. The van der Waals surface area contributed by atoms with Gasteiger partial charge in [-0.25, -0.2) is 14.9 Å². The second-order valence-electron chi connectivity index (χ2n) is 1.86. The molecule has 0 saturated carbocycles. The van der Waals surface area contributed by atoms with Crippen molar-refractivity contribution in [3.63, 3.8) is 0 Å². The molecule has 1 aromatic rings. The first-order valence-electron chi connectivity index (χ1n) is 4.84. The van der Waals surface area contributed by atoms with Gasteiger partial charge in [0.15, 0.2) is 0 Å². The van der Waals surface area contributed by atoms with Gasteiger partial charge in [0.25, 0.3) is 0 Å². The van der Waals surface area contributed by atoms with Gasteiger partial charge in [0.2, 0.25) is 10.0 Å². The van der Waals surface area contributed by atoms with Crippen LogP contribution in [0.3, 0.4) is 0 Å². The van der Waals surface area contributed by atoms with E-state index in [0.29, 0.717) is 0 Å². The summed E-state index contributed by atoms with van der Waals surface area (Å²) in [6.45, 7) is 6.92. The van der Waals surface area contributed by atoms with E-state index in [0.717, 1.165) is 0 Å². The van der Waals surface area contributed by atoms with Crippen molar-refractivity contribution in [3.05, 3.63) is 37.2 Å². The monoisotopic (exact) mass is 358 g/mol. The maximum Gasteiger partial charge on any atom is 0.238 e. The Morgan fingerprint density at radius 3 is 1.75 bits per heavy atom. The van der Waals surface area contributed by atoms with Crippen molar-refractivity contribution in [2.75, 3.05) is 0 Å². The quantitative estimate of drug-likeness (QED) is 0.783. The van der Waals surface area contributed by atoms with Crippen LogP contribution >= 0.6 is 0 Å². The topological polar surface area (TPSA) is 60.2 Å². The Kier molecular flexibility index (Phi) is 21.8. The summed E-state index contributed by atoms with van der Waals surface area (Å²) in [5, 5.41) is 4.83. The summed E-state index contributed by atoms with van der Waals surface area (Å²) in [6.07, 6.45) is 0. The molecule has 2 N–H and O–H groups in total. The zero-order valence-electron chi connectivity index (χ0n) is 10.8. The average molecular weight is 358 g/mol. The molecule has 3 nitrogen and oxygen atoms in total. The maximum atomic E-state index is 10.6. The molecule has 0 aliphatic rings. The Morgan fingerprint density at radius 1 is 1.25 bits per heavy atom. The second kappa shape index (κ2) is 15.8. The van der Waals surface area contributed by atoms with Gasteiger partial charge in [-0.3, -0.25) is 0 Å². The van der Waals surface area contributed by atoms with Gasteiger partial charge in [0, 0.05) is 51.3 Å². The van der Waals surface area contributed by atoms with Crippen LogP contribution in [0.15, 0.2) is 35.2 Å². The van der Waals surface area contributed by atoms with Crippen LogP contribution in [-0.4, -0.2) is 8.42 Å². The maximum absolute atomic E-state index is 10.6. The number of primary sulfonamides is 1. The van der Waals surface area contributed by atoms with Crippen molar-refractivity contribution in [2.45, 2.75) is 25.7 Å². The van der Waals surface area contributed by atoms with Crippen molar-refractivity contribution in [2.24, 2.45) is 5.14 Å². The molecule has 1 aromatic carbocycles. The van der Waals surface area contributed by atoms with E-state index in [1.54, 1.807) is 25.1 Å². The number of hydrogen-bond acceptors (Lipinski definition) is 2. The smallest absolute Gasteiger partial charge is 0.238 e. The summed E-state index contributed by atoms with van der Waals surface area (Å²) in [5.74, 6) is 0. The van der Waals surface area contributed by atoms with Gasteiger partial charge in [0.1, 0.15) is 0 Å². The summed E-state index contributed by atoms with van der Waals surface area (Å²) in [7, 11) is -3.50. The Hall–Kier alpha value is 0.818. The van der Waals surface area contributed by atoms with Gasteiger partial charge in [0.05, 0.1) is 4.90 Å². The van der Waals surface area contributed by atoms with Gasteiger partial charge in [-0.05, 0) is 12.1 Å². The fraction of sp³-hybridized carbons (Fsp3) is 0.300. The first-order valence-corrected chi connectivity index (χ1v) is 5.81. The molecular weight excluding hydrogens is 338 g/mol.